The first-order valence-corrected chi connectivity index (χ1v) is 29.7. The number of hydrogen-bond acceptors (Lipinski definition) is 4. The molecule has 0 saturated heterocycles. The maximum Gasteiger partial charge on any atom is 0.145 e. The van der Waals surface area contributed by atoms with Gasteiger partial charge in [-0.3, -0.25) is 0 Å². The molecule has 13 aromatic carbocycles. The fourth-order valence-corrected chi connectivity index (χ4v) is 15.2. The molecule has 5 heterocycles. The molecule has 7 heteroatoms. The molecule has 0 saturated carbocycles. The third-order valence-corrected chi connectivity index (χ3v) is 18.8. The van der Waals surface area contributed by atoms with Crippen molar-refractivity contribution in [1.29, 1.82) is 10.5 Å². The summed E-state index contributed by atoms with van der Waals surface area (Å²) in [5.41, 5.74) is 20.2. The predicted molar refractivity (Wildman–Crippen MR) is 357 cm³/mol. The van der Waals surface area contributed by atoms with E-state index in [9.17, 15) is 10.5 Å². The lowest BCUT2D eigenvalue weighted by Gasteiger charge is -2.29. The molecule has 1 aliphatic carbocycles. The Labute approximate surface area is 502 Å². The number of para-hydroxylation sites is 5. The molecule has 0 spiro atoms. The summed E-state index contributed by atoms with van der Waals surface area (Å²) in [6, 6.07) is 99.6. The fraction of sp³-hybridized carbons (Fsp3) is 0.0123. The molecule has 0 bridgehead atoms. The first-order valence-electron chi connectivity index (χ1n) is 29.7. The van der Waals surface area contributed by atoms with Crippen LogP contribution in [0.5, 0.6) is 0 Å². The number of rotatable bonds is 6. The van der Waals surface area contributed by atoms with Gasteiger partial charge in [0, 0.05) is 54.6 Å². The minimum atomic E-state index is -0.548. The van der Waals surface area contributed by atoms with Gasteiger partial charge in [0.15, 0.2) is 0 Å². The summed E-state index contributed by atoms with van der Waals surface area (Å²) in [6.45, 7) is 0. The molecule has 0 N–H and O–H groups in total. The summed E-state index contributed by atoms with van der Waals surface area (Å²) >= 11 is 0. The van der Waals surface area contributed by atoms with Crippen molar-refractivity contribution in [1.82, 2.24) is 13.7 Å². The molecular formula is C81H45N5O2. The Hall–Kier alpha value is -12.2. The molecule has 0 amide bonds. The van der Waals surface area contributed by atoms with Gasteiger partial charge in [-0.2, -0.15) is 10.5 Å². The van der Waals surface area contributed by atoms with Crippen molar-refractivity contribution in [2.24, 2.45) is 0 Å². The van der Waals surface area contributed by atoms with Gasteiger partial charge in [-0.15, -0.1) is 0 Å². The molecule has 1 unspecified atom stereocenters. The highest BCUT2D eigenvalue weighted by Gasteiger charge is 2.40. The maximum absolute atomic E-state index is 13.1. The summed E-state index contributed by atoms with van der Waals surface area (Å²) in [6.07, 6.45) is 0. The van der Waals surface area contributed by atoms with Crippen molar-refractivity contribution in [3.05, 3.63) is 295 Å². The van der Waals surface area contributed by atoms with Crippen LogP contribution < -0.4 is 0 Å². The van der Waals surface area contributed by atoms with E-state index in [1.165, 1.54) is 0 Å². The van der Waals surface area contributed by atoms with Gasteiger partial charge in [-0.1, -0.05) is 194 Å². The summed E-state index contributed by atoms with van der Waals surface area (Å²) < 4.78 is 20.8. The van der Waals surface area contributed by atoms with Gasteiger partial charge in [0.1, 0.15) is 40.0 Å². The molecule has 18 aromatic rings. The zero-order valence-corrected chi connectivity index (χ0v) is 47.0. The number of nitriles is 2. The van der Waals surface area contributed by atoms with Gasteiger partial charge in [-0.25, -0.2) is 0 Å². The molecule has 88 heavy (non-hydrogen) atoms. The van der Waals surface area contributed by atoms with E-state index in [0.717, 1.165) is 154 Å². The smallest absolute Gasteiger partial charge is 0.145 e. The van der Waals surface area contributed by atoms with E-state index >= 15 is 0 Å². The lowest BCUT2D eigenvalue weighted by Crippen LogP contribution is -2.18. The van der Waals surface area contributed by atoms with E-state index in [-0.39, 0.29) is 0 Å². The van der Waals surface area contributed by atoms with Gasteiger partial charge in [-0.05, 0) is 117 Å². The summed E-state index contributed by atoms with van der Waals surface area (Å²) in [5, 5.41) is 36.0. The average Bonchev–Trinajstić information content (AvgIpc) is 1.48. The van der Waals surface area contributed by atoms with Crippen molar-refractivity contribution in [3.63, 3.8) is 0 Å². The molecule has 5 aromatic heterocycles. The number of fused-ring (bicyclic) bond motifs is 20. The van der Waals surface area contributed by atoms with Crippen LogP contribution in [0.3, 0.4) is 0 Å². The summed E-state index contributed by atoms with van der Waals surface area (Å²) in [4.78, 5) is 0. The van der Waals surface area contributed by atoms with Crippen molar-refractivity contribution in [2.45, 2.75) is 5.92 Å². The van der Waals surface area contributed by atoms with Crippen LogP contribution in [0.25, 0.3) is 160 Å². The fourth-order valence-electron chi connectivity index (χ4n) is 15.2. The topological polar surface area (TPSA) is 88.6 Å². The van der Waals surface area contributed by atoms with Crippen molar-refractivity contribution < 1.29 is 8.83 Å². The Morgan fingerprint density at radius 2 is 0.727 bits per heavy atom. The maximum atomic E-state index is 13.1. The second-order valence-electron chi connectivity index (χ2n) is 23.1. The van der Waals surface area contributed by atoms with Crippen LogP contribution in [0.15, 0.2) is 276 Å². The predicted octanol–water partition coefficient (Wildman–Crippen LogP) is 21.0. The van der Waals surface area contributed by atoms with E-state index in [1.54, 1.807) is 0 Å². The van der Waals surface area contributed by atoms with Gasteiger partial charge in [0.2, 0.25) is 0 Å². The second-order valence-corrected chi connectivity index (χ2v) is 23.1. The summed E-state index contributed by atoms with van der Waals surface area (Å²) in [5.74, 6) is -0.548. The molecule has 0 fully saturated rings. The molecule has 1 atom stereocenters. The van der Waals surface area contributed by atoms with Crippen LogP contribution in [-0.4, -0.2) is 13.7 Å². The number of nitrogens with zero attached hydrogens (tertiary/aromatic N) is 5. The highest BCUT2D eigenvalue weighted by Crippen LogP contribution is 2.56. The molecule has 406 valence electrons. The number of aromatic nitrogens is 3. The van der Waals surface area contributed by atoms with Crippen LogP contribution in [-0.2, 0) is 0 Å². The largest absolute Gasteiger partial charge is 0.455 e. The minimum absolute atomic E-state index is 0.397. The van der Waals surface area contributed by atoms with E-state index in [2.05, 4.69) is 256 Å². The number of furan rings is 2. The SMILES string of the molecule is N#Cc1c(-n2c3ccccc3c3cc(-c4ccccc4)ccc32)c(-n2c3ccccc3c3c4oc5ccccc5c4ccc32)c(C#N)c(C2c3ccccc3-c3cc(-c4ccccc4)ccc32)c1-n1c2ccccc2c2c3oc4ccccc4c3ccc21. The van der Waals surface area contributed by atoms with Crippen LogP contribution >= 0.6 is 0 Å². The first-order chi connectivity index (χ1) is 43.6. The van der Waals surface area contributed by atoms with Crippen molar-refractivity contribution in [3.8, 4) is 62.6 Å². The standard InChI is InChI=1S/C81H45N5O2/c82-45-63-76(73-55-27-8-7-23-51(55)61-43-49(35-37-56(61)73)47-19-3-1-4-20-47)77(85-66-31-15-10-28-59(66)74-69(85)41-38-57-53-25-12-17-33-71(53)87-80(57)74)64(46-83)79(84-65-30-14-9-24-52(65)62-44-50(36-40-68(62)84)48-21-5-2-6-22-48)78(63)86-67-32-16-11-29-60(67)75-70(86)42-39-58-54-26-13-18-34-72(54)88-81(58)75/h1-44,73H. The third-order valence-electron chi connectivity index (χ3n) is 18.8. The molecule has 0 aliphatic heterocycles. The molecule has 7 nitrogen and oxygen atoms in total. The van der Waals surface area contributed by atoms with E-state index in [4.69, 9.17) is 8.83 Å². The van der Waals surface area contributed by atoms with Gasteiger partial charge in [0.05, 0.1) is 66.5 Å². The van der Waals surface area contributed by atoms with Gasteiger partial charge < -0.3 is 22.5 Å². The van der Waals surface area contributed by atoms with Crippen LogP contribution in [0.4, 0.5) is 0 Å². The Morgan fingerprint density at radius 3 is 1.33 bits per heavy atom. The van der Waals surface area contributed by atoms with Crippen molar-refractivity contribution in [2.75, 3.05) is 0 Å². The molecule has 0 radical (unpaired) electrons. The van der Waals surface area contributed by atoms with E-state index < -0.39 is 5.92 Å². The zero-order valence-electron chi connectivity index (χ0n) is 47.0. The normalized spacial score (nSPS) is 13.1. The number of hydrogen-bond donors (Lipinski definition) is 0. The van der Waals surface area contributed by atoms with Crippen LogP contribution in [0, 0.1) is 22.7 Å². The van der Waals surface area contributed by atoms with Crippen LogP contribution in [0.1, 0.15) is 33.7 Å². The van der Waals surface area contributed by atoms with E-state index in [0.29, 0.717) is 33.8 Å². The van der Waals surface area contributed by atoms with Gasteiger partial charge >= 0.3 is 0 Å². The molecule has 1 aliphatic rings. The Morgan fingerprint density at radius 1 is 0.295 bits per heavy atom. The molecule has 19 rings (SSSR count). The first kappa shape index (κ1) is 48.2. The quantitative estimate of drug-likeness (QED) is 0.166. The Kier molecular flexibility index (Phi) is 9.96. The van der Waals surface area contributed by atoms with Crippen LogP contribution in [0.2, 0.25) is 0 Å². The second kappa shape index (κ2) is 18.2. The zero-order chi connectivity index (χ0) is 57.9. The Balaban J connectivity index is 1.06. The van der Waals surface area contributed by atoms with Crippen molar-refractivity contribution >= 4 is 109 Å². The molecular weight excluding hydrogens is 1070 g/mol. The van der Waals surface area contributed by atoms with Gasteiger partial charge in [0.25, 0.3) is 0 Å². The highest BCUT2D eigenvalue weighted by molar-refractivity contribution is 6.26. The number of benzene rings is 13. The summed E-state index contributed by atoms with van der Waals surface area (Å²) in [7, 11) is 0. The minimum Gasteiger partial charge on any atom is -0.455 e. The monoisotopic (exact) mass is 1120 g/mol. The third kappa shape index (κ3) is 6.48. The highest BCUT2D eigenvalue weighted by atomic mass is 16.3. The Bertz CT molecular complexity index is 6160. The lowest BCUT2D eigenvalue weighted by atomic mass is 9.82. The van der Waals surface area contributed by atoms with E-state index in [1.807, 2.05) is 36.4 Å². The lowest BCUT2D eigenvalue weighted by molar-refractivity contribution is 0.672. The average molecular weight is 1120 g/mol.